The topological polar surface area (TPSA) is 31.7 Å². The molecule has 0 radical (unpaired) electrons. The van der Waals surface area contributed by atoms with Crippen molar-refractivity contribution >= 4 is 11.8 Å². The Morgan fingerprint density at radius 1 is 0.514 bits per heavy atom. The Labute approximate surface area is 229 Å². The van der Waals surface area contributed by atoms with Gasteiger partial charge in [0.2, 0.25) is 0 Å². The number of ether oxygens (including phenoxy) is 1. The van der Waals surface area contributed by atoms with Crippen LogP contribution in [0.2, 0.25) is 0 Å². The summed E-state index contributed by atoms with van der Waals surface area (Å²) in [6.45, 7) is 16.4. The maximum absolute atomic E-state index is 6.03. The lowest BCUT2D eigenvalue weighted by molar-refractivity contribution is -0.344. The third-order valence-electron chi connectivity index (χ3n) is 10.3. The van der Waals surface area contributed by atoms with Gasteiger partial charge in [0.1, 0.15) is 0 Å². The minimum absolute atomic E-state index is 0.0646. The van der Waals surface area contributed by atoms with Crippen LogP contribution >= 0.6 is 11.8 Å². The molecule has 7 aliphatic rings. The van der Waals surface area contributed by atoms with E-state index in [1.807, 2.05) is 0 Å². The van der Waals surface area contributed by atoms with Gasteiger partial charge in [-0.2, -0.15) is 5.01 Å². The van der Waals surface area contributed by atoms with Crippen molar-refractivity contribution in [2.75, 3.05) is 97.5 Å². The summed E-state index contributed by atoms with van der Waals surface area (Å²) in [6, 6.07) is 0. The summed E-state index contributed by atoms with van der Waals surface area (Å²) in [5.41, 5.74) is 0. The lowest BCUT2D eigenvalue weighted by Gasteiger charge is -2.74. The number of hydrogen-bond donors (Lipinski definition) is 0. The van der Waals surface area contributed by atoms with E-state index in [4.69, 9.17) is 4.74 Å². The SMILES string of the molecule is C1CCCN(C2(N3CCOCC3)SCC(N3CC3)N(N3CCC3)C2(N2CCCCC2)N2CCCC2)CC1. The highest BCUT2D eigenvalue weighted by Crippen LogP contribution is 2.57. The molecule has 9 heteroatoms. The quantitative estimate of drug-likeness (QED) is 0.478. The van der Waals surface area contributed by atoms with Crippen LogP contribution in [0.15, 0.2) is 0 Å². The second-order valence-electron chi connectivity index (χ2n) is 12.5. The molecule has 3 unspecified atom stereocenters. The highest BCUT2D eigenvalue weighted by Gasteiger charge is 2.72. The molecule has 210 valence electrons. The molecule has 0 aromatic heterocycles. The third-order valence-corrected chi connectivity index (χ3v) is 12.0. The minimum Gasteiger partial charge on any atom is -0.379 e. The van der Waals surface area contributed by atoms with Crippen LogP contribution in [-0.4, -0.2) is 149 Å². The summed E-state index contributed by atoms with van der Waals surface area (Å²) in [5, 5.41) is 5.87. The van der Waals surface area contributed by atoms with Crippen molar-refractivity contribution in [3.8, 4) is 0 Å². The number of piperidine rings is 1. The van der Waals surface area contributed by atoms with E-state index < -0.39 is 0 Å². The van der Waals surface area contributed by atoms with Gasteiger partial charge in [-0.15, -0.1) is 11.8 Å². The molecule has 37 heavy (non-hydrogen) atoms. The smallest absolute Gasteiger partial charge is 0.188 e. The fourth-order valence-electron chi connectivity index (χ4n) is 8.42. The van der Waals surface area contributed by atoms with Gasteiger partial charge in [0.05, 0.1) is 19.4 Å². The molecule has 0 saturated carbocycles. The highest BCUT2D eigenvalue weighted by molar-refractivity contribution is 8.00. The first kappa shape index (κ1) is 26.0. The van der Waals surface area contributed by atoms with E-state index in [-0.39, 0.29) is 10.8 Å². The first-order valence-electron chi connectivity index (χ1n) is 15.9. The normalized spacial score (nSPS) is 41.0. The van der Waals surface area contributed by atoms with Crippen LogP contribution in [0.5, 0.6) is 0 Å². The predicted molar refractivity (Wildman–Crippen MR) is 150 cm³/mol. The summed E-state index contributed by atoms with van der Waals surface area (Å²) < 4.78 is 6.03. The van der Waals surface area contributed by atoms with Crippen LogP contribution < -0.4 is 0 Å². The van der Waals surface area contributed by atoms with Gasteiger partial charge in [-0.3, -0.25) is 24.5 Å². The molecular formula is C28H51N7OS. The van der Waals surface area contributed by atoms with Crippen LogP contribution in [-0.2, 0) is 4.74 Å². The van der Waals surface area contributed by atoms with Crippen LogP contribution in [0.4, 0.5) is 0 Å². The van der Waals surface area contributed by atoms with E-state index in [0.29, 0.717) is 6.17 Å². The Balaban J connectivity index is 1.45. The van der Waals surface area contributed by atoms with Crippen molar-refractivity contribution in [2.24, 2.45) is 0 Å². The Morgan fingerprint density at radius 2 is 1.03 bits per heavy atom. The fraction of sp³-hybridized carbons (Fsp3) is 1.00. The van der Waals surface area contributed by atoms with Gasteiger partial charge >= 0.3 is 0 Å². The summed E-state index contributed by atoms with van der Waals surface area (Å²) >= 11 is 2.36. The van der Waals surface area contributed by atoms with Gasteiger partial charge < -0.3 is 4.74 Å². The molecule has 7 fully saturated rings. The predicted octanol–water partition coefficient (Wildman–Crippen LogP) is 2.40. The number of morpholine rings is 1. The number of hydrazine groups is 1. The molecule has 7 aliphatic heterocycles. The zero-order valence-corrected chi connectivity index (χ0v) is 24.0. The fourth-order valence-corrected chi connectivity index (χ4v) is 10.4. The van der Waals surface area contributed by atoms with E-state index in [1.54, 1.807) is 0 Å². The van der Waals surface area contributed by atoms with E-state index >= 15 is 0 Å². The summed E-state index contributed by atoms with van der Waals surface area (Å²) in [5.74, 6) is 1.09. The third kappa shape index (κ3) is 4.34. The van der Waals surface area contributed by atoms with Crippen molar-refractivity contribution < 1.29 is 4.74 Å². The van der Waals surface area contributed by atoms with Crippen LogP contribution in [0.1, 0.15) is 64.2 Å². The van der Waals surface area contributed by atoms with Crippen molar-refractivity contribution in [3.63, 3.8) is 0 Å². The Hall–Kier alpha value is 0.0300. The molecule has 0 aromatic rings. The molecule has 8 nitrogen and oxygen atoms in total. The van der Waals surface area contributed by atoms with E-state index in [1.165, 1.54) is 135 Å². The van der Waals surface area contributed by atoms with Gasteiger partial charge in [0.15, 0.2) is 10.8 Å². The van der Waals surface area contributed by atoms with Gasteiger partial charge in [-0.25, -0.2) is 5.01 Å². The molecule has 0 N–H and O–H groups in total. The number of likely N-dealkylation sites (tertiary alicyclic amines) is 3. The second-order valence-corrected chi connectivity index (χ2v) is 13.7. The maximum Gasteiger partial charge on any atom is 0.188 e. The minimum atomic E-state index is -0.123. The average Bonchev–Trinajstić information content (AvgIpc) is 3.68. The standard InChI is InChI=1S/C28H51N7OS/c1-2-5-16-32(15-4-1)28(33-21-23-36-24-22-33)27(31-13-8-9-14-31,30-11-6-3-7-12-30)35(34-17-10-18-34)26(25-37-28)29-19-20-29/h26H,1-25H2. The van der Waals surface area contributed by atoms with Gasteiger partial charge in [-0.05, 0) is 44.9 Å². The highest BCUT2D eigenvalue weighted by atomic mass is 32.2. The number of nitrogens with zero attached hydrogens (tertiary/aromatic N) is 7. The molecule has 7 saturated heterocycles. The number of hydrogen-bond acceptors (Lipinski definition) is 9. The number of thioether (sulfide) groups is 1. The Bertz CT molecular complexity index is 758. The first-order chi connectivity index (χ1) is 18.4. The largest absolute Gasteiger partial charge is 0.379 e. The molecule has 7 heterocycles. The van der Waals surface area contributed by atoms with E-state index in [2.05, 4.69) is 46.3 Å². The Morgan fingerprint density at radius 3 is 1.57 bits per heavy atom. The van der Waals surface area contributed by atoms with Crippen molar-refractivity contribution in [3.05, 3.63) is 0 Å². The average molecular weight is 534 g/mol. The van der Waals surface area contributed by atoms with E-state index in [0.717, 1.165) is 26.3 Å². The van der Waals surface area contributed by atoms with Crippen LogP contribution in [0.3, 0.4) is 0 Å². The molecule has 0 amide bonds. The molecule has 0 spiro atoms. The summed E-state index contributed by atoms with van der Waals surface area (Å²) in [6.07, 6.45) is 14.2. The lowest BCUT2D eigenvalue weighted by atomic mass is 9.99. The summed E-state index contributed by atoms with van der Waals surface area (Å²) in [4.78, 5) is 14.8. The number of rotatable bonds is 6. The van der Waals surface area contributed by atoms with Gasteiger partial charge in [0, 0.05) is 84.3 Å². The molecule has 7 rings (SSSR count). The van der Waals surface area contributed by atoms with E-state index in [9.17, 15) is 0 Å². The zero-order valence-electron chi connectivity index (χ0n) is 23.2. The first-order valence-corrected chi connectivity index (χ1v) is 16.8. The van der Waals surface area contributed by atoms with Crippen LogP contribution in [0, 0.1) is 0 Å². The zero-order chi connectivity index (χ0) is 24.7. The van der Waals surface area contributed by atoms with Gasteiger partial charge in [0.25, 0.3) is 0 Å². The second kappa shape index (κ2) is 11.1. The molecule has 3 atom stereocenters. The monoisotopic (exact) mass is 533 g/mol. The molecular weight excluding hydrogens is 482 g/mol. The molecule has 0 aromatic carbocycles. The van der Waals surface area contributed by atoms with Crippen LogP contribution in [0.25, 0.3) is 0 Å². The maximum atomic E-state index is 6.03. The van der Waals surface area contributed by atoms with Gasteiger partial charge in [-0.1, -0.05) is 19.3 Å². The molecule has 0 aliphatic carbocycles. The lowest BCUT2D eigenvalue weighted by Crippen LogP contribution is -2.92. The van der Waals surface area contributed by atoms with Crippen molar-refractivity contribution in [1.29, 1.82) is 0 Å². The van der Waals surface area contributed by atoms with Crippen molar-refractivity contribution in [2.45, 2.75) is 81.2 Å². The molecule has 0 bridgehead atoms. The Kier molecular flexibility index (Phi) is 7.81. The van der Waals surface area contributed by atoms with Crippen molar-refractivity contribution in [1.82, 2.24) is 34.5 Å². The summed E-state index contributed by atoms with van der Waals surface area (Å²) in [7, 11) is 0.